The minimum Gasteiger partial charge on any atom is -0.326 e. The third-order valence-corrected chi connectivity index (χ3v) is 3.73. The number of amides is 1. The summed E-state index contributed by atoms with van der Waals surface area (Å²) in [6, 6.07) is 11.4. The second kappa shape index (κ2) is 7.21. The van der Waals surface area contributed by atoms with Crippen molar-refractivity contribution in [3.05, 3.63) is 48.3 Å². The lowest BCUT2D eigenvalue weighted by atomic mass is 10.2. The molecule has 1 aromatic heterocycles. The van der Waals surface area contributed by atoms with E-state index in [2.05, 4.69) is 22.4 Å². The van der Waals surface area contributed by atoms with E-state index in [1.165, 1.54) is 16.9 Å². The number of nitrogens with one attached hydrogen (secondary N) is 1. The van der Waals surface area contributed by atoms with Gasteiger partial charge < -0.3 is 5.32 Å². The topological polar surface area (TPSA) is 59.8 Å². The minimum atomic E-state index is -0.302. The van der Waals surface area contributed by atoms with Crippen molar-refractivity contribution in [1.29, 1.82) is 0 Å². The third-order valence-electron chi connectivity index (χ3n) is 3.73. The number of aromatic nitrogens is 3. The molecule has 0 bridgehead atoms. The molecule has 1 amide bonds. The number of hydrogen-bond donors (Lipinski definition) is 1. The molecule has 5 nitrogen and oxygen atoms in total. The molecule has 24 heavy (non-hydrogen) atoms. The van der Waals surface area contributed by atoms with Gasteiger partial charge in [-0.2, -0.15) is 4.80 Å². The van der Waals surface area contributed by atoms with Crippen LogP contribution < -0.4 is 5.32 Å². The zero-order valence-electron chi connectivity index (χ0n) is 13.5. The van der Waals surface area contributed by atoms with Crippen LogP contribution in [-0.2, 0) is 4.79 Å². The third kappa shape index (κ3) is 3.76. The van der Waals surface area contributed by atoms with Gasteiger partial charge in [0.05, 0.1) is 5.69 Å². The van der Waals surface area contributed by atoms with Crippen molar-refractivity contribution in [2.75, 3.05) is 5.32 Å². The molecule has 0 atom stereocenters. The molecule has 0 aliphatic carbocycles. The van der Waals surface area contributed by atoms with Gasteiger partial charge in [-0.05, 0) is 48.9 Å². The van der Waals surface area contributed by atoms with Crippen LogP contribution in [0, 0.1) is 5.82 Å². The second-order valence-corrected chi connectivity index (χ2v) is 5.67. The quantitative estimate of drug-likeness (QED) is 0.694. The summed E-state index contributed by atoms with van der Waals surface area (Å²) in [5.41, 5.74) is 2.77. The van der Waals surface area contributed by atoms with Gasteiger partial charge in [-0.1, -0.05) is 19.8 Å². The van der Waals surface area contributed by atoms with Crippen molar-refractivity contribution in [1.82, 2.24) is 15.0 Å². The Morgan fingerprint density at radius 3 is 2.58 bits per heavy atom. The van der Waals surface area contributed by atoms with E-state index in [4.69, 9.17) is 0 Å². The summed E-state index contributed by atoms with van der Waals surface area (Å²) in [4.78, 5) is 13.3. The summed E-state index contributed by atoms with van der Waals surface area (Å²) in [5, 5.41) is 11.6. The first-order valence-corrected chi connectivity index (χ1v) is 8.08. The highest BCUT2D eigenvalue weighted by Crippen LogP contribution is 2.18. The Morgan fingerprint density at radius 1 is 1.08 bits per heavy atom. The first-order chi connectivity index (χ1) is 11.7. The lowest BCUT2D eigenvalue weighted by Crippen LogP contribution is -2.10. The lowest BCUT2D eigenvalue weighted by molar-refractivity contribution is -0.116. The molecule has 0 aliphatic rings. The fourth-order valence-corrected chi connectivity index (χ4v) is 2.44. The minimum absolute atomic E-state index is 0.00808. The molecule has 1 N–H and O–H groups in total. The first kappa shape index (κ1) is 16.1. The SMILES string of the molecule is CCCCCC(=O)Nc1ccc2nn(-c3ccc(F)cc3)nc2c1. The maximum Gasteiger partial charge on any atom is 0.224 e. The van der Waals surface area contributed by atoms with Crippen LogP contribution in [0.3, 0.4) is 0 Å². The van der Waals surface area contributed by atoms with Crippen LogP contribution in [0.15, 0.2) is 42.5 Å². The number of anilines is 1. The molecule has 0 radical (unpaired) electrons. The van der Waals surface area contributed by atoms with Crippen molar-refractivity contribution in [2.24, 2.45) is 0 Å². The largest absolute Gasteiger partial charge is 0.326 e. The highest BCUT2D eigenvalue weighted by Gasteiger charge is 2.08. The van der Waals surface area contributed by atoms with E-state index in [0.29, 0.717) is 28.8 Å². The van der Waals surface area contributed by atoms with Gasteiger partial charge in [-0.3, -0.25) is 4.79 Å². The van der Waals surface area contributed by atoms with E-state index >= 15 is 0 Å². The Hall–Kier alpha value is -2.76. The molecule has 3 rings (SSSR count). The second-order valence-electron chi connectivity index (χ2n) is 5.67. The van der Waals surface area contributed by atoms with Crippen molar-refractivity contribution in [2.45, 2.75) is 32.6 Å². The molecule has 0 fully saturated rings. The normalized spacial score (nSPS) is 10.9. The van der Waals surface area contributed by atoms with Crippen molar-refractivity contribution >= 4 is 22.6 Å². The molecule has 124 valence electrons. The predicted octanol–water partition coefficient (Wildman–Crippen LogP) is 4.08. The molecule has 1 heterocycles. The van der Waals surface area contributed by atoms with Gasteiger partial charge in [-0.25, -0.2) is 4.39 Å². The fourth-order valence-electron chi connectivity index (χ4n) is 2.44. The number of nitrogens with zero attached hydrogens (tertiary/aromatic N) is 3. The number of fused-ring (bicyclic) bond motifs is 1. The number of hydrogen-bond acceptors (Lipinski definition) is 3. The zero-order valence-corrected chi connectivity index (χ0v) is 13.5. The maximum atomic E-state index is 13.0. The molecule has 2 aromatic carbocycles. The average molecular weight is 326 g/mol. The summed E-state index contributed by atoms with van der Waals surface area (Å²) >= 11 is 0. The van der Waals surface area contributed by atoms with Gasteiger partial charge in [-0.15, -0.1) is 10.2 Å². The monoisotopic (exact) mass is 326 g/mol. The smallest absolute Gasteiger partial charge is 0.224 e. The van der Waals surface area contributed by atoms with Crippen LogP contribution in [0.1, 0.15) is 32.6 Å². The Morgan fingerprint density at radius 2 is 1.83 bits per heavy atom. The first-order valence-electron chi connectivity index (χ1n) is 8.08. The summed E-state index contributed by atoms with van der Waals surface area (Å²) in [7, 11) is 0. The zero-order chi connectivity index (χ0) is 16.9. The number of carbonyl (C=O) groups is 1. The molecular weight excluding hydrogens is 307 g/mol. The van der Waals surface area contributed by atoms with Gasteiger partial charge in [0.1, 0.15) is 16.9 Å². The number of unbranched alkanes of at least 4 members (excludes halogenated alkanes) is 2. The highest BCUT2D eigenvalue weighted by atomic mass is 19.1. The molecular formula is C18H19FN4O. The number of rotatable bonds is 6. The van der Waals surface area contributed by atoms with Gasteiger partial charge in [0.15, 0.2) is 0 Å². The van der Waals surface area contributed by atoms with E-state index in [-0.39, 0.29) is 11.7 Å². The predicted molar refractivity (Wildman–Crippen MR) is 91.6 cm³/mol. The summed E-state index contributed by atoms with van der Waals surface area (Å²) in [6.07, 6.45) is 3.56. The Kier molecular flexibility index (Phi) is 4.84. The van der Waals surface area contributed by atoms with Gasteiger partial charge in [0.2, 0.25) is 5.91 Å². The Labute approximate surface area is 139 Å². The molecule has 6 heteroatoms. The van der Waals surface area contributed by atoms with Crippen molar-refractivity contribution < 1.29 is 9.18 Å². The average Bonchev–Trinajstić information content (AvgIpc) is 2.99. The van der Waals surface area contributed by atoms with Crippen LogP contribution >= 0.6 is 0 Å². The van der Waals surface area contributed by atoms with Crippen LogP contribution in [0.5, 0.6) is 0 Å². The number of halogens is 1. The van der Waals surface area contributed by atoms with Crippen LogP contribution in [0.25, 0.3) is 16.7 Å². The lowest BCUT2D eigenvalue weighted by Gasteiger charge is -2.04. The van der Waals surface area contributed by atoms with E-state index in [9.17, 15) is 9.18 Å². The summed E-state index contributed by atoms with van der Waals surface area (Å²) < 4.78 is 13.0. The Balaban J connectivity index is 1.76. The molecule has 3 aromatic rings. The Bertz CT molecular complexity index is 842. The maximum absolute atomic E-state index is 13.0. The fraction of sp³-hybridized carbons (Fsp3) is 0.278. The van der Waals surface area contributed by atoms with Crippen LogP contribution in [-0.4, -0.2) is 20.9 Å². The molecule has 0 aliphatic heterocycles. The number of benzene rings is 2. The number of carbonyl (C=O) groups excluding carboxylic acids is 1. The van der Waals surface area contributed by atoms with E-state index in [1.807, 2.05) is 12.1 Å². The van der Waals surface area contributed by atoms with Crippen LogP contribution in [0.2, 0.25) is 0 Å². The molecule has 0 saturated heterocycles. The standard InChI is InChI=1S/C18H19FN4O/c1-2-3-4-5-18(24)20-14-8-11-16-17(12-14)22-23(21-16)15-9-6-13(19)7-10-15/h6-12H,2-5H2,1H3,(H,20,24). The molecule has 0 spiro atoms. The highest BCUT2D eigenvalue weighted by molar-refractivity contribution is 5.92. The van der Waals surface area contributed by atoms with E-state index in [1.54, 1.807) is 18.2 Å². The summed E-state index contributed by atoms with van der Waals surface area (Å²) in [5.74, 6) is -0.294. The van der Waals surface area contributed by atoms with Gasteiger partial charge in [0, 0.05) is 12.1 Å². The van der Waals surface area contributed by atoms with Gasteiger partial charge >= 0.3 is 0 Å². The molecule has 0 unspecified atom stereocenters. The van der Waals surface area contributed by atoms with Crippen LogP contribution in [0.4, 0.5) is 10.1 Å². The van der Waals surface area contributed by atoms with E-state index < -0.39 is 0 Å². The molecule has 0 saturated carbocycles. The van der Waals surface area contributed by atoms with Crippen molar-refractivity contribution in [3.8, 4) is 5.69 Å². The van der Waals surface area contributed by atoms with E-state index in [0.717, 1.165) is 19.3 Å². The van der Waals surface area contributed by atoms with Gasteiger partial charge in [0.25, 0.3) is 0 Å². The summed E-state index contributed by atoms with van der Waals surface area (Å²) in [6.45, 7) is 2.11. The van der Waals surface area contributed by atoms with Crippen molar-refractivity contribution in [3.63, 3.8) is 0 Å².